The van der Waals surface area contributed by atoms with Gasteiger partial charge in [0.25, 0.3) is 0 Å². The fourth-order valence-electron chi connectivity index (χ4n) is 3.64. The first-order chi connectivity index (χ1) is 8.83. The van der Waals surface area contributed by atoms with Gasteiger partial charge >= 0.3 is 0 Å². The zero-order valence-corrected chi connectivity index (χ0v) is 12.5. The SMILES string of the molecule is C[C@H]1CCCC(C)(C)[C@@H]1C(O)c1ccc(Cl)c(F)c1. The van der Waals surface area contributed by atoms with Crippen LogP contribution < -0.4 is 0 Å². The molecule has 1 saturated carbocycles. The molecule has 1 fully saturated rings. The summed E-state index contributed by atoms with van der Waals surface area (Å²) in [4.78, 5) is 0. The van der Waals surface area contributed by atoms with E-state index < -0.39 is 11.9 Å². The number of rotatable bonds is 2. The van der Waals surface area contributed by atoms with Gasteiger partial charge in [-0.2, -0.15) is 0 Å². The molecule has 1 aromatic rings. The summed E-state index contributed by atoms with van der Waals surface area (Å²) >= 11 is 5.70. The van der Waals surface area contributed by atoms with Gasteiger partial charge in [-0.1, -0.05) is 51.3 Å². The number of aliphatic hydroxyl groups is 1. The second-order valence-corrected chi connectivity index (χ2v) is 6.91. The van der Waals surface area contributed by atoms with Crippen LogP contribution >= 0.6 is 11.6 Å². The molecule has 106 valence electrons. The second-order valence-electron chi connectivity index (χ2n) is 6.50. The van der Waals surface area contributed by atoms with Gasteiger partial charge in [-0.25, -0.2) is 4.39 Å². The van der Waals surface area contributed by atoms with Crippen molar-refractivity contribution in [1.29, 1.82) is 0 Å². The van der Waals surface area contributed by atoms with Crippen LogP contribution in [0.25, 0.3) is 0 Å². The fraction of sp³-hybridized carbons (Fsp3) is 0.625. The van der Waals surface area contributed by atoms with E-state index in [1.165, 1.54) is 18.6 Å². The minimum atomic E-state index is -0.628. The zero-order chi connectivity index (χ0) is 14.2. The highest BCUT2D eigenvalue weighted by atomic mass is 35.5. The molecule has 1 nitrogen and oxygen atoms in total. The molecule has 0 spiro atoms. The molecule has 1 unspecified atom stereocenters. The van der Waals surface area contributed by atoms with Crippen molar-refractivity contribution >= 4 is 11.6 Å². The van der Waals surface area contributed by atoms with Gasteiger partial charge in [0, 0.05) is 0 Å². The summed E-state index contributed by atoms with van der Waals surface area (Å²) in [6.07, 6.45) is 2.81. The Morgan fingerprint density at radius 1 is 1.42 bits per heavy atom. The topological polar surface area (TPSA) is 20.2 Å². The molecular weight excluding hydrogens is 263 g/mol. The van der Waals surface area contributed by atoms with Crippen molar-refractivity contribution in [3.8, 4) is 0 Å². The van der Waals surface area contributed by atoms with Crippen LogP contribution in [-0.4, -0.2) is 5.11 Å². The van der Waals surface area contributed by atoms with Crippen LogP contribution in [0, 0.1) is 23.1 Å². The molecule has 0 bridgehead atoms. The Balaban J connectivity index is 2.30. The molecule has 3 heteroatoms. The lowest BCUT2D eigenvalue weighted by atomic mass is 9.61. The normalized spacial score (nSPS) is 28.1. The van der Waals surface area contributed by atoms with Gasteiger partial charge in [-0.3, -0.25) is 0 Å². The van der Waals surface area contributed by atoms with E-state index in [0.29, 0.717) is 11.5 Å². The zero-order valence-electron chi connectivity index (χ0n) is 11.8. The lowest BCUT2D eigenvalue weighted by molar-refractivity contribution is -0.0294. The quantitative estimate of drug-likeness (QED) is 0.812. The molecule has 3 atom stereocenters. The van der Waals surface area contributed by atoms with E-state index in [0.717, 1.165) is 12.8 Å². The summed E-state index contributed by atoms with van der Waals surface area (Å²) in [7, 11) is 0. The van der Waals surface area contributed by atoms with Gasteiger partial charge in [0.1, 0.15) is 5.82 Å². The van der Waals surface area contributed by atoms with Gasteiger partial charge in [0.2, 0.25) is 0 Å². The van der Waals surface area contributed by atoms with Crippen LogP contribution in [0.3, 0.4) is 0 Å². The molecule has 1 aromatic carbocycles. The number of hydrogen-bond donors (Lipinski definition) is 1. The molecule has 0 saturated heterocycles. The van der Waals surface area contributed by atoms with E-state index in [1.54, 1.807) is 6.07 Å². The van der Waals surface area contributed by atoms with E-state index in [9.17, 15) is 9.50 Å². The Labute approximate surface area is 119 Å². The van der Waals surface area contributed by atoms with Gasteiger partial charge in [-0.05, 0) is 41.4 Å². The predicted octanol–water partition coefficient (Wildman–Crippen LogP) is 4.97. The Kier molecular flexibility index (Phi) is 4.22. The van der Waals surface area contributed by atoms with Gasteiger partial charge in [-0.15, -0.1) is 0 Å². The Hall–Kier alpha value is -0.600. The minimum Gasteiger partial charge on any atom is -0.388 e. The van der Waals surface area contributed by atoms with Gasteiger partial charge in [0.15, 0.2) is 0 Å². The molecule has 0 aromatic heterocycles. The molecule has 2 rings (SSSR count). The van der Waals surface area contributed by atoms with E-state index >= 15 is 0 Å². The van der Waals surface area contributed by atoms with Crippen molar-refractivity contribution in [2.75, 3.05) is 0 Å². The third kappa shape index (κ3) is 2.95. The lowest BCUT2D eigenvalue weighted by Crippen LogP contribution is -2.37. The molecule has 1 aliphatic rings. The number of hydrogen-bond acceptors (Lipinski definition) is 1. The predicted molar refractivity (Wildman–Crippen MR) is 76.7 cm³/mol. The monoisotopic (exact) mass is 284 g/mol. The van der Waals surface area contributed by atoms with Gasteiger partial charge in [0.05, 0.1) is 11.1 Å². The summed E-state index contributed by atoms with van der Waals surface area (Å²) in [6.45, 7) is 6.58. The average molecular weight is 285 g/mol. The summed E-state index contributed by atoms with van der Waals surface area (Å²) in [6, 6.07) is 4.62. The second kappa shape index (κ2) is 5.41. The van der Waals surface area contributed by atoms with E-state index in [2.05, 4.69) is 20.8 Å². The maximum Gasteiger partial charge on any atom is 0.142 e. The van der Waals surface area contributed by atoms with Crippen LogP contribution in [0.2, 0.25) is 5.02 Å². The van der Waals surface area contributed by atoms with Crippen molar-refractivity contribution < 1.29 is 9.50 Å². The minimum absolute atomic E-state index is 0.0766. The standard InChI is InChI=1S/C16H22ClFO/c1-10-5-4-8-16(2,3)14(10)15(19)11-6-7-12(17)13(18)9-11/h6-7,9-10,14-15,19H,4-5,8H2,1-3H3/t10-,14-,15?/m0/s1. The van der Waals surface area contributed by atoms with Crippen molar-refractivity contribution in [3.05, 3.63) is 34.6 Å². The third-order valence-corrected chi connectivity index (χ3v) is 4.93. The largest absolute Gasteiger partial charge is 0.388 e. The lowest BCUT2D eigenvalue weighted by Gasteiger charge is -2.45. The van der Waals surface area contributed by atoms with Crippen LogP contribution in [0.1, 0.15) is 51.7 Å². The van der Waals surface area contributed by atoms with Gasteiger partial charge < -0.3 is 5.11 Å². The molecule has 1 aliphatic carbocycles. The summed E-state index contributed by atoms with van der Waals surface area (Å²) in [5.74, 6) is 0.138. The number of halogens is 2. The first kappa shape index (κ1) is 14.8. The highest BCUT2D eigenvalue weighted by molar-refractivity contribution is 6.30. The maximum absolute atomic E-state index is 13.6. The smallest absolute Gasteiger partial charge is 0.142 e. The van der Waals surface area contributed by atoms with E-state index in [-0.39, 0.29) is 16.4 Å². The number of benzene rings is 1. The summed E-state index contributed by atoms with van der Waals surface area (Å²) < 4.78 is 13.6. The molecule has 0 amide bonds. The van der Waals surface area contributed by atoms with Crippen LogP contribution in [-0.2, 0) is 0 Å². The molecular formula is C16H22ClFO. The molecule has 19 heavy (non-hydrogen) atoms. The van der Waals surface area contributed by atoms with Crippen molar-refractivity contribution in [2.24, 2.45) is 17.3 Å². The van der Waals surface area contributed by atoms with Crippen molar-refractivity contribution in [3.63, 3.8) is 0 Å². The average Bonchev–Trinajstić information content (AvgIpc) is 2.31. The van der Waals surface area contributed by atoms with Crippen LogP contribution in [0.5, 0.6) is 0 Å². The molecule has 0 radical (unpaired) electrons. The first-order valence-electron chi connectivity index (χ1n) is 6.96. The third-order valence-electron chi connectivity index (χ3n) is 4.62. The maximum atomic E-state index is 13.6. The molecule has 1 N–H and O–H groups in total. The molecule has 0 aliphatic heterocycles. The van der Waals surface area contributed by atoms with Crippen LogP contribution in [0.4, 0.5) is 4.39 Å². The summed E-state index contributed by atoms with van der Waals surface area (Å²) in [5.41, 5.74) is 0.710. The highest BCUT2D eigenvalue weighted by Gasteiger charge is 2.41. The first-order valence-corrected chi connectivity index (χ1v) is 7.34. The Morgan fingerprint density at radius 2 is 2.11 bits per heavy atom. The highest BCUT2D eigenvalue weighted by Crippen LogP contribution is 2.49. The Morgan fingerprint density at radius 3 is 2.68 bits per heavy atom. The Bertz CT molecular complexity index is 458. The van der Waals surface area contributed by atoms with Crippen molar-refractivity contribution in [2.45, 2.75) is 46.1 Å². The molecule has 0 heterocycles. The van der Waals surface area contributed by atoms with Crippen LogP contribution in [0.15, 0.2) is 18.2 Å². The summed E-state index contributed by atoms with van der Waals surface area (Å²) in [5, 5.41) is 10.8. The fourth-order valence-corrected chi connectivity index (χ4v) is 3.76. The number of aliphatic hydroxyl groups excluding tert-OH is 1. The van der Waals surface area contributed by atoms with E-state index in [1.807, 2.05) is 0 Å². The van der Waals surface area contributed by atoms with E-state index in [4.69, 9.17) is 11.6 Å². The van der Waals surface area contributed by atoms with Crippen molar-refractivity contribution in [1.82, 2.24) is 0 Å².